The van der Waals surface area contributed by atoms with Gasteiger partial charge in [0.1, 0.15) is 5.60 Å². The summed E-state index contributed by atoms with van der Waals surface area (Å²) in [5.41, 5.74) is 1.12. The minimum atomic E-state index is -4.07. The largest absolute Gasteiger partial charge is 0.493 e. The van der Waals surface area contributed by atoms with E-state index in [0.717, 1.165) is 0 Å². The van der Waals surface area contributed by atoms with Gasteiger partial charge < -0.3 is 19.5 Å². The van der Waals surface area contributed by atoms with Gasteiger partial charge in [0.25, 0.3) is 0 Å². The Labute approximate surface area is 195 Å². The van der Waals surface area contributed by atoms with Crippen molar-refractivity contribution in [3.8, 4) is 17.6 Å². The number of benzene rings is 1. The summed E-state index contributed by atoms with van der Waals surface area (Å²) in [5.74, 6) is 0.912. The molecule has 0 radical (unpaired) electrons. The third-order valence-corrected chi connectivity index (χ3v) is 5.07. The first-order chi connectivity index (χ1) is 15.4. The number of hydrogen-bond acceptors (Lipinski definition) is 9. The fourth-order valence-electron chi connectivity index (χ4n) is 2.64. The molecule has 0 saturated heterocycles. The van der Waals surface area contributed by atoms with Crippen molar-refractivity contribution in [3.05, 3.63) is 23.3 Å². The molecule has 1 aromatic rings. The first-order valence-electron chi connectivity index (χ1n) is 9.95. The van der Waals surface area contributed by atoms with Gasteiger partial charge in [-0.25, -0.2) is 9.52 Å². The van der Waals surface area contributed by atoms with Crippen LogP contribution in [-0.4, -0.2) is 54.1 Å². The molecule has 0 aliphatic carbocycles. The molecule has 0 unspecified atom stereocenters. The predicted octanol–water partition coefficient (Wildman–Crippen LogP) is 2.63. The Morgan fingerprint density at radius 3 is 2.30 bits per heavy atom. The van der Waals surface area contributed by atoms with Crippen LogP contribution in [0, 0.1) is 11.3 Å². The summed E-state index contributed by atoms with van der Waals surface area (Å²) in [4.78, 5) is 15.6. The maximum absolute atomic E-state index is 12.0. The molecule has 12 heteroatoms. The molecule has 1 aromatic carbocycles. The molecular weight excluding hydrogens is 450 g/mol. The first-order valence-corrected chi connectivity index (χ1v) is 11.4. The second kappa shape index (κ2) is 12.1. The second-order valence-electron chi connectivity index (χ2n) is 7.78. The van der Waals surface area contributed by atoms with Crippen LogP contribution in [-0.2, 0) is 14.9 Å². The van der Waals surface area contributed by atoms with Crippen molar-refractivity contribution in [2.45, 2.75) is 39.7 Å². The maximum Gasteiger partial charge on any atom is 0.422 e. The molecule has 33 heavy (non-hydrogen) atoms. The van der Waals surface area contributed by atoms with Crippen molar-refractivity contribution in [2.75, 3.05) is 27.3 Å². The quantitative estimate of drug-likeness (QED) is 0.248. The van der Waals surface area contributed by atoms with E-state index in [0.29, 0.717) is 47.0 Å². The summed E-state index contributed by atoms with van der Waals surface area (Å²) >= 11 is 0. The molecular formula is C21H31N5O6S. The van der Waals surface area contributed by atoms with Gasteiger partial charge in [0.2, 0.25) is 0 Å². The highest BCUT2D eigenvalue weighted by molar-refractivity contribution is 7.88. The van der Waals surface area contributed by atoms with Gasteiger partial charge in [0, 0.05) is 24.7 Å². The van der Waals surface area contributed by atoms with E-state index in [1.54, 1.807) is 44.5 Å². The normalized spacial score (nSPS) is 12.2. The second-order valence-corrected chi connectivity index (χ2v) is 9.28. The van der Waals surface area contributed by atoms with Crippen molar-refractivity contribution in [1.29, 1.82) is 5.26 Å². The molecule has 0 fully saturated rings. The number of aliphatic imine (C=N–C) groups is 1. The number of nitriles is 1. The highest BCUT2D eigenvalue weighted by atomic mass is 32.2. The Balaban J connectivity index is 2.85. The lowest BCUT2D eigenvalue weighted by atomic mass is 10.0. The Morgan fingerprint density at radius 2 is 1.79 bits per heavy atom. The molecule has 0 saturated carbocycles. The predicted molar refractivity (Wildman–Crippen MR) is 126 cm³/mol. The topological polar surface area (TPSA) is 151 Å². The number of hydrogen-bond donors (Lipinski definition) is 3. The third-order valence-electron chi connectivity index (χ3n) is 4.05. The lowest BCUT2D eigenvalue weighted by molar-refractivity contribution is 0.0569. The number of nitrogens with zero attached hydrogens (tertiary/aromatic N) is 2. The highest BCUT2D eigenvalue weighted by Gasteiger charge is 2.21. The number of rotatable bonds is 11. The average Bonchev–Trinajstić information content (AvgIpc) is 2.72. The Bertz CT molecular complexity index is 1040. The average molecular weight is 482 g/mol. The summed E-state index contributed by atoms with van der Waals surface area (Å²) in [5, 5.41) is 12.6. The van der Waals surface area contributed by atoms with Crippen molar-refractivity contribution in [1.82, 2.24) is 14.8 Å². The molecule has 0 spiro atoms. The molecule has 3 N–H and O–H groups in total. The van der Waals surface area contributed by atoms with E-state index in [1.807, 2.05) is 0 Å². The van der Waals surface area contributed by atoms with Crippen LogP contribution in [0.4, 0.5) is 10.5 Å². The fourth-order valence-corrected chi connectivity index (χ4v) is 3.38. The Hall–Kier alpha value is -3.30. The van der Waals surface area contributed by atoms with Crippen LogP contribution >= 0.6 is 0 Å². The molecule has 0 aromatic heterocycles. The van der Waals surface area contributed by atoms with Crippen molar-refractivity contribution >= 4 is 34.4 Å². The smallest absolute Gasteiger partial charge is 0.422 e. The summed E-state index contributed by atoms with van der Waals surface area (Å²) in [6.45, 7) is 10.4. The van der Waals surface area contributed by atoms with Crippen LogP contribution < -0.4 is 24.2 Å². The molecule has 11 nitrogen and oxygen atoms in total. The van der Waals surface area contributed by atoms with Gasteiger partial charge in [-0.05, 0) is 46.9 Å². The number of ether oxygens (including phenoxy) is 3. The zero-order chi connectivity index (χ0) is 25.2. The Morgan fingerprint density at radius 1 is 1.18 bits per heavy atom. The zero-order valence-electron chi connectivity index (χ0n) is 19.7. The Kier molecular flexibility index (Phi) is 10.2. The number of allylic oxidation sites excluding steroid dienone is 1. The zero-order valence-corrected chi connectivity index (χ0v) is 20.6. The van der Waals surface area contributed by atoms with Crippen LogP contribution in [0.2, 0.25) is 0 Å². The monoisotopic (exact) mass is 481 g/mol. The molecule has 0 heterocycles. The summed E-state index contributed by atoms with van der Waals surface area (Å²) in [6, 6.07) is 5.42. The molecule has 1 amide bonds. The van der Waals surface area contributed by atoms with E-state index in [4.69, 9.17) is 14.2 Å². The van der Waals surface area contributed by atoms with E-state index in [1.165, 1.54) is 14.2 Å². The van der Waals surface area contributed by atoms with Gasteiger partial charge in [-0.15, -0.1) is 0 Å². The minimum Gasteiger partial charge on any atom is -0.493 e. The molecule has 0 aliphatic heterocycles. The van der Waals surface area contributed by atoms with Crippen LogP contribution in [0.1, 0.15) is 39.7 Å². The van der Waals surface area contributed by atoms with Gasteiger partial charge >= 0.3 is 16.3 Å². The number of amides is 1. The molecule has 0 bridgehead atoms. The van der Waals surface area contributed by atoms with E-state index >= 15 is 0 Å². The van der Waals surface area contributed by atoms with Crippen molar-refractivity contribution in [3.63, 3.8) is 0 Å². The lowest BCUT2D eigenvalue weighted by Gasteiger charge is -2.19. The van der Waals surface area contributed by atoms with Gasteiger partial charge in [0.05, 0.1) is 37.2 Å². The lowest BCUT2D eigenvalue weighted by Crippen LogP contribution is -2.43. The van der Waals surface area contributed by atoms with E-state index < -0.39 is 21.9 Å². The number of carbonyl (C=O) groups is 1. The van der Waals surface area contributed by atoms with Crippen LogP contribution in [0.5, 0.6) is 11.5 Å². The summed E-state index contributed by atoms with van der Waals surface area (Å²) in [6.07, 6.45) is -0.720. The number of carbonyl (C=O) groups excluding carboxylic acids is 1. The van der Waals surface area contributed by atoms with E-state index in [-0.39, 0.29) is 6.54 Å². The molecule has 182 valence electrons. The summed E-state index contributed by atoms with van der Waals surface area (Å²) in [7, 11) is -1.08. The van der Waals surface area contributed by atoms with Crippen molar-refractivity contribution < 1.29 is 27.4 Å². The molecule has 0 atom stereocenters. The SMILES string of the molecule is C=Nc1cc(OC)c(OC)cc1/C(NCCCNS(=O)(=O)NC(=O)OC(C)(C)C)=C(\C)C#N. The van der Waals surface area contributed by atoms with Crippen LogP contribution in [0.25, 0.3) is 5.70 Å². The molecule has 0 aliphatic rings. The van der Waals surface area contributed by atoms with Gasteiger partial charge in [0.15, 0.2) is 11.5 Å². The van der Waals surface area contributed by atoms with Crippen molar-refractivity contribution in [2.24, 2.45) is 4.99 Å². The standard InChI is InChI=1S/C21H31N5O6S/c1-14(13-22)19(15-11-17(30-6)18(31-7)12-16(15)23-5)24-9-8-10-25-33(28,29)26-20(27)32-21(2,3)4/h11-12,24-25H,5,8-10H2,1-4,6-7H3,(H,26,27)/b19-14-. The highest BCUT2D eigenvalue weighted by Crippen LogP contribution is 2.38. The van der Waals surface area contributed by atoms with Crippen LogP contribution in [0.15, 0.2) is 22.7 Å². The molecule has 1 rings (SSSR count). The fraction of sp³-hybridized carbons (Fsp3) is 0.476. The van der Waals surface area contributed by atoms with Gasteiger partial charge in [-0.2, -0.15) is 18.4 Å². The van der Waals surface area contributed by atoms with E-state index in [2.05, 4.69) is 27.8 Å². The van der Waals surface area contributed by atoms with Gasteiger partial charge in [-0.1, -0.05) is 0 Å². The number of nitrogens with one attached hydrogen (secondary N) is 3. The summed E-state index contributed by atoms with van der Waals surface area (Å²) < 4.78 is 43.5. The van der Waals surface area contributed by atoms with Crippen LogP contribution in [0.3, 0.4) is 0 Å². The first kappa shape index (κ1) is 27.7. The maximum atomic E-state index is 12.0. The van der Waals surface area contributed by atoms with Gasteiger partial charge in [-0.3, -0.25) is 4.99 Å². The third kappa shape index (κ3) is 8.99. The minimum absolute atomic E-state index is 0.0303. The van der Waals surface area contributed by atoms with E-state index in [9.17, 15) is 18.5 Å². The number of methoxy groups -OCH3 is 2.